The van der Waals surface area contributed by atoms with Crippen molar-refractivity contribution in [1.82, 2.24) is 9.78 Å². The Hall–Kier alpha value is -2.68. The molecule has 0 aliphatic carbocycles. The molecule has 1 atom stereocenters. The van der Waals surface area contributed by atoms with Crippen LogP contribution in [0.4, 0.5) is 0 Å². The van der Waals surface area contributed by atoms with E-state index in [0.717, 1.165) is 4.68 Å². The van der Waals surface area contributed by atoms with Crippen LogP contribution in [-0.2, 0) is 11.8 Å². The number of rotatable bonds is 2. The van der Waals surface area contributed by atoms with Crippen molar-refractivity contribution in [3.8, 4) is 6.07 Å². The number of benzene rings is 1. The smallest absolute Gasteiger partial charge is 0.360 e. The minimum Gasteiger partial charge on any atom is -0.442 e. The SMILES string of the molecule is C[C@H](C#N)OC(=O)c1nn(C)c(=O)c2ccccc12. The molecule has 0 aliphatic rings. The summed E-state index contributed by atoms with van der Waals surface area (Å²) < 4.78 is 5.99. The molecule has 0 spiro atoms. The van der Waals surface area contributed by atoms with Crippen molar-refractivity contribution in [1.29, 1.82) is 5.26 Å². The first-order valence-electron chi connectivity index (χ1n) is 5.61. The lowest BCUT2D eigenvalue weighted by Gasteiger charge is -2.09. The van der Waals surface area contributed by atoms with Crippen molar-refractivity contribution in [2.45, 2.75) is 13.0 Å². The van der Waals surface area contributed by atoms with Gasteiger partial charge in [0.1, 0.15) is 6.07 Å². The molecule has 2 rings (SSSR count). The molecule has 1 heterocycles. The third-order valence-corrected chi connectivity index (χ3v) is 2.62. The highest BCUT2D eigenvalue weighted by atomic mass is 16.5. The Morgan fingerprint density at radius 1 is 1.42 bits per heavy atom. The molecule has 0 radical (unpaired) electrons. The Morgan fingerprint density at radius 3 is 2.68 bits per heavy atom. The number of carbonyl (C=O) groups excluding carboxylic acids is 1. The maximum Gasteiger partial charge on any atom is 0.360 e. The topological polar surface area (TPSA) is 85.0 Å². The van der Waals surface area contributed by atoms with Crippen molar-refractivity contribution in [3.63, 3.8) is 0 Å². The highest BCUT2D eigenvalue weighted by Gasteiger charge is 2.18. The van der Waals surface area contributed by atoms with Crippen LogP contribution < -0.4 is 5.56 Å². The standard InChI is InChI=1S/C13H11N3O3/c1-8(7-14)19-13(18)11-9-5-3-4-6-10(9)12(17)16(2)15-11/h3-6,8H,1-2H3/t8-/m1/s1. The number of hydrogen-bond donors (Lipinski definition) is 0. The molecule has 0 aliphatic heterocycles. The molecule has 0 saturated carbocycles. The third-order valence-electron chi connectivity index (χ3n) is 2.62. The quantitative estimate of drug-likeness (QED) is 0.749. The van der Waals surface area contributed by atoms with E-state index in [1.807, 2.05) is 0 Å². The van der Waals surface area contributed by atoms with Gasteiger partial charge in [-0.25, -0.2) is 9.48 Å². The van der Waals surface area contributed by atoms with Gasteiger partial charge in [-0.05, 0) is 13.0 Å². The molecule has 0 fully saturated rings. The summed E-state index contributed by atoms with van der Waals surface area (Å²) in [5, 5.41) is 13.4. The van der Waals surface area contributed by atoms with Crippen molar-refractivity contribution in [3.05, 3.63) is 40.3 Å². The Kier molecular flexibility index (Phi) is 3.29. The van der Waals surface area contributed by atoms with Crippen LogP contribution in [0.3, 0.4) is 0 Å². The van der Waals surface area contributed by atoms with Gasteiger partial charge in [-0.2, -0.15) is 10.4 Å². The van der Waals surface area contributed by atoms with Crippen LogP contribution >= 0.6 is 0 Å². The molecule has 1 aromatic heterocycles. The van der Waals surface area contributed by atoms with Gasteiger partial charge in [0, 0.05) is 12.4 Å². The van der Waals surface area contributed by atoms with Gasteiger partial charge in [0.2, 0.25) is 0 Å². The lowest BCUT2D eigenvalue weighted by atomic mass is 10.1. The van der Waals surface area contributed by atoms with Crippen LogP contribution in [-0.4, -0.2) is 21.9 Å². The molecule has 6 nitrogen and oxygen atoms in total. The summed E-state index contributed by atoms with van der Waals surface area (Å²) in [6.07, 6.45) is -0.870. The molecule has 0 N–H and O–H groups in total. The fraction of sp³-hybridized carbons (Fsp3) is 0.231. The molecular formula is C13H11N3O3. The summed E-state index contributed by atoms with van der Waals surface area (Å²) in [5.74, 6) is -0.721. The number of aromatic nitrogens is 2. The lowest BCUT2D eigenvalue weighted by Crippen LogP contribution is -2.24. The number of ether oxygens (including phenoxy) is 1. The van der Waals surface area contributed by atoms with Crippen molar-refractivity contribution in [2.24, 2.45) is 7.05 Å². The van der Waals surface area contributed by atoms with Crippen molar-refractivity contribution >= 4 is 16.7 Å². The maximum atomic E-state index is 11.9. The zero-order chi connectivity index (χ0) is 14.0. The van der Waals surface area contributed by atoms with Crippen LogP contribution in [0.15, 0.2) is 29.1 Å². The molecule has 1 aromatic carbocycles. The normalized spacial score (nSPS) is 11.8. The fourth-order valence-corrected chi connectivity index (χ4v) is 1.69. The number of carbonyl (C=O) groups is 1. The summed E-state index contributed by atoms with van der Waals surface area (Å²) in [6, 6.07) is 8.45. The predicted octanol–water partition coefficient (Wildman–Crippen LogP) is 1.00. The largest absolute Gasteiger partial charge is 0.442 e. The monoisotopic (exact) mass is 257 g/mol. The van der Waals surface area contributed by atoms with E-state index in [1.165, 1.54) is 14.0 Å². The minimum absolute atomic E-state index is 0.0276. The number of aryl methyl sites for hydroxylation is 1. The van der Waals surface area contributed by atoms with Gasteiger partial charge in [-0.3, -0.25) is 4.79 Å². The Balaban J connectivity index is 2.62. The van der Waals surface area contributed by atoms with Crippen molar-refractivity contribution in [2.75, 3.05) is 0 Å². The Bertz CT molecular complexity index is 743. The van der Waals surface area contributed by atoms with E-state index in [-0.39, 0.29) is 11.3 Å². The van der Waals surface area contributed by atoms with Crippen molar-refractivity contribution < 1.29 is 9.53 Å². The third kappa shape index (κ3) is 2.31. The summed E-state index contributed by atoms with van der Waals surface area (Å²) in [4.78, 5) is 23.8. The number of hydrogen-bond acceptors (Lipinski definition) is 5. The molecule has 2 aromatic rings. The minimum atomic E-state index is -0.870. The number of fused-ring (bicyclic) bond motifs is 1. The average molecular weight is 257 g/mol. The van der Waals surface area contributed by atoms with Crippen LogP contribution in [0, 0.1) is 11.3 Å². The maximum absolute atomic E-state index is 11.9. The predicted molar refractivity (Wildman–Crippen MR) is 67.5 cm³/mol. The zero-order valence-corrected chi connectivity index (χ0v) is 10.5. The van der Waals surface area contributed by atoms with E-state index < -0.39 is 12.1 Å². The molecule has 0 amide bonds. The Morgan fingerprint density at radius 2 is 2.05 bits per heavy atom. The molecule has 96 valence electrons. The van der Waals surface area contributed by atoms with Gasteiger partial charge in [0.05, 0.1) is 5.39 Å². The van der Waals surface area contributed by atoms with Crippen LogP contribution in [0.5, 0.6) is 0 Å². The molecule has 0 bridgehead atoms. The highest BCUT2D eigenvalue weighted by molar-refractivity contribution is 6.02. The van der Waals surface area contributed by atoms with Gasteiger partial charge in [-0.1, -0.05) is 18.2 Å². The van der Waals surface area contributed by atoms with Gasteiger partial charge >= 0.3 is 5.97 Å². The fourth-order valence-electron chi connectivity index (χ4n) is 1.69. The van der Waals surface area contributed by atoms with E-state index in [0.29, 0.717) is 10.8 Å². The van der Waals surface area contributed by atoms with Crippen LogP contribution in [0.1, 0.15) is 17.4 Å². The number of nitriles is 1. The average Bonchev–Trinajstić information content (AvgIpc) is 2.42. The second kappa shape index (κ2) is 4.90. The van der Waals surface area contributed by atoms with E-state index in [4.69, 9.17) is 10.00 Å². The van der Waals surface area contributed by atoms with E-state index >= 15 is 0 Å². The second-order valence-electron chi connectivity index (χ2n) is 4.00. The van der Waals surface area contributed by atoms with Gasteiger partial charge in [0.15, 0.2) is 11.8 Å². The molecule has 19 heavy (non-hydrogen) atoms. The molecular weight excluding hydrogens is 246 g/mol. The summed E-state index contributed by atoms with van der Waals surface area (Å²) in [5.41, 5.74) is -0.264. The summed E-state index contributed by atoms with van der Waals surface area (Å²) >= 11 is 0. The Labute approximate surface area is 108 Å². The summed E-state index contributed by atoms with van der Waals surface area (Å²) in [7, 11) is 1.46. The lowest BCUT2D eigenvalue weighted by molar-refractivity contribution is 0.0428. The van der Waals surface area contributed by atoms with Crippen LogP contribution in [0.25, 0.3) is 10.8 Å². The first-order chi connectivity index (χ1) is 9.04. The van der Waals surface area contributed by atoms with E-state index in [9.17, 15) is 9.59 Å². The summed E-state index contributed by atoms with van der Waals surface area (Å²) in [6.45, 7) is 1.46. The number of nitrogens with zero attached hydrogens (tertiary/aromatic N) is 3. The first-order valence-corrected chi connectivity index (χ1v) is 5.61. The first kappa shape index (κ1) is 12.8. The molecule has 0 saturated heterocycles. The highest BCUT2D eigenvalue weighted by Crippen LogP contribution is 2.14. The van der Waals surface area contributed by atoms with Gasteiger partial charge in [0.25, 0.3) is 5.56 Å². The number of esters is 1. The van der Waals surface area contributed by atoms with Gasteiger partial charge < -0.3 is 4.74 Å². The molecule has 0 unspecified atom stereocenters. The molecule has 6 heteroatoms. The van der Waals surface area contributed by atoms with Crippen LogP contribution in [0.2, 0.25) is 0 Å². The zero-order valence-electron chi connectivity index (χ0n) is 10.5. The van der Waals surface area contributed by atoms with E-state index in [1.54, 1.807) is 30.3 Å². The second-order valence-corrected chi connectivity index (χ2v) is 4.00. The van der Waals surface area contributed by atoms with Gasteiger partial charge in [-0.15, -0.1) is 0 Å². The van der Waals surface area contributed by atoms with E-state index in [2.05, 4.69) is 5.10 Å².